The smallest absolute Gasteiger partial charge is 0.326 e. The summed E-state index contributed by atoms with van der Waals surface area (Å²) in [5.74, 6) is -13.1. The van der Waals surface area contributed by atoms with Crippen LogP contribution in [-0.2, 0) is 83.6 Å². The van der Waals surface area contributed by atoms with E-state index in [-0.39, 0.29) is 165 Å². The van der Waals surface area contributed by atoms with E-state index < -0.39 is 220 Å². The van der Waals surface area contributed by atoms with Crippen molar-refractivity contribution in [3.8, 4) is 0 Å². The van der Waals surface area contributed by atoms with Gasteiger partial charge in [0.25, 0.3) is 5.69 Å². The number of aromatic amines is 1. The average Bonchev–Trinajstić information content (AvgIpc) is 1.08. The van der Waals surface area contributed by atoms with Crippen LogP contribution in [0.4, 0.5) is 5.69 Å². The second kappa shape index (κ2) is 46.8. The number of para-hydroxylation sites is 1. The van der Waals surface area contributed by atoms with Crippen molar-refractivity contribution in [3.05, 3.63) is 64.7 Å². The molecule has 662 valence electrons. The number of nitro groups is 1. The van der Waals surface area contributed by atoms with Gasteiger partial charge >= 0.3 is 5.97 Å². The Hall–Kier alpha value is -11.5. The van der Waals surface area contributed by atoms with Crippen molar-refractivity contribution < 1.29 is 90.7 Å². The number of nitrogens with two attached hydrogens (primary N) is 5. The van der Waals surface area contributed by atoms with E-state index in [2.05, 4.69) is 73.1 Å². The highest BCUT2D eigenvalue weighted by Crippen LogP contribution is 2.29. The number of carboxylic acids is 1. The quantitative estimate of drug-likeness (QED) is 0.00745. The average molecular weight is 1710 g/mol. The number of fused-ring (bicyclic) bond motifs is 2. The fourth-order valence-corrected chi connectivity index (χ4v) is 16.5. The summed E-state index contributed by atoms with van der Waals surface area (Å²) in [6.07, 6.45) is 6.39. The summed E-state index contributed by atoms with van der Waals surface area (Å²) in [6, 6.07) is -14.2. The molecule has 0 saturated carbocycles. The summed E-state index contributed by atoms with van der Waals surface area (Å²) in [6.45, 7) is 2.98. The Labute approximate surface area is 694 Å². The van der Waals surface area contributed by atoms with Gasteiger partial charge in [-0.1, -0.05) is 57.9 Å². The Kier molecular flexibility index (Phi) is 37.3. The van der Waals surface area contributed by atoms with Crippen molar-refractivity contribution in [1.29, 1.82) is 0 Å². The van der Waals surface area contributed by atoms with Gasteiger partial charge in [0, 0.05) is 76.6 Å². The number of hydrogen-bond acceptors (Lipinski definition) is 23. The number of aliphatic imine (C=N–C) groups is 2. The molecule has 44 nitrogen and oxygen atoms in total. The summed E-state index contributed by atoms with van der Waals surface area (Å²) < 4.78 is 30.5. The molecule has 0 spiro atoms. The number of H-pyrrole nitrogens is 1. The zero-order chi connectivity index (χ0) is 87.9. The standard InChI is InChI=1S/C75H116N24O20S/c1-4-5-17-48-70(111)97-35-16-25-58(97)69(110)91-51(73(114)115)19-9-11-33-95(120(118,119)59-26-7-6-22-55(59)99(116)117)37-29-50(72(113)98-36-15-24-57(98)68(109)90-48)89-61(102)45(18-8-10-30-76)86-65(106)53(39-44-40-81-42-84-44)93-66(107)54(41-100)94-64(105)52(38-43(2)3)92-62(103)46(20-12-31-82-74(77)78)87-67(108)56-23-14-34-96(56)71(112)49(21-13-32-83-75(79)80)88-63(104)47-27-28-60(101)85-47/h6-7,9,11,22,26,40,42-43,45-54,56-58,100H,4-5,8,10,12-21,23-25,27-39,41,76H2,1-3H3,(H,81,84)(H,85,101)(H,86,106)(H,87,108)(H,88,104)(H,89,102)(H,90,109)(H,91,110)(H,92,103)(H,93,107)(H,94,105)(H,114,115)(H4,77,78,82)(H4,79,80,83)/b11-9-/t45-,46-,47-,48-,49-,50-,51+,52-,53-,54-,56-,57-,58-/m0/s1. The number of carboxylic acid groups (broad SMARTS) is 1. The summed E-state index contributed by atoms with van der Waals surface area (Å²) in [5.41, 5.74) is 27.6. The lowest BCUT2D eigenvalue weighted by molar-refractivity contribution is -0.387. The first kappa shape index (κ1) is 95.7. The molecule has 23 N–H and O–H groups in total. The molecule has 1 aromatic heterocycles. The number of hydrogen-bond donors (Lipinski definition) is 18. The fraction of sp³-hybridized carbons (Fsp3) is 0.640. The van der Waals surface area contributed by atoms with Crippen molar-refractivity contribution in [2.24, 2.45) is 44.6 Å². The van der Waals surface area contributed by atoms with Gasteiger partial charge in [0.15, 0.2) is 16.8 Å². The lowest BCUT2D eigenvalue weighted by atomic mass is 10.0. The van der Waals surface area contributed by atoms with Crippen LogP contribution < -0.4 is 81.8 Å². The number of benzene rings is 1. The number of rotatable bonds is 39. The van der Waals surface area contributed by atoms with E-state index in [9.17, 15) is 81.5 Å². The maximum atomic E-state index is 15.5. The number of guanidine groups is 2. The maximum absolute atomic E-state index is 15.5. The molecule has 0 bridgehead atoms. The number of aliphatic carboxylic acids is 1. The molecule has 45 heteroatoms. The molecule has 13 atom stereocenters. The number of likely N-dealkylation sites (tertiary alicyclic amines) is 1. The van der Waals surface area contributed by atoms with Crippen LogP contribution in [0, 0.1) is 16.0 Å². The third-order valence-corrected chi connectivity index (χ3v) is 23.1. The number of carbonyl (C=O) groups excluding carboxylic acids is 13. The zero-order valence-electron chi connectivity index (χ0n) is 67.7. The Bertz CT molecular complexity index is 4160. The van der Waals surface area contributed by atoms with E-state index >= 15 is 14.4 Å². The minimum absolute atomic E-state index is 0.0201. The zero-order valence-corrected chi connectivity index (χ0v) is 68.6. The predicted molar refractivity (Wildman–Crippen MR) is 432 cm³/mol. The fourth-order valence-electron chi connectivity index (χ4n) is 14.9. The van der Waals surface area contributed by atoms with E-state index in [1.165, 1.54) is 46.6 Å². The SMILES string of the molecule is CCCC[C@@H]1NC(=O)[C@@H]2CCCN2C(=O)[C@@H](NC(=O)[C@H](CCCCN)NC(=O)[C@H](Cc2cnc[nH]2)NC(=O)[C@H](CO)NC(=O)[C@H](CC(C)C)NC(=O)[C@H](CCCN=C(N)N)NC(=O)[C@@H]2CCCN2C(=O)[C@H](CCCN=C(N)N)NC(=O)[C@@H]2CCC(=O)N2)CCN(S(=O)(=O)c2ccccc2[N+](=O)[O-])C/C=C\C[C@H](C(=O)O)NC(=O)[C@@H]2CCCN2C1=O. The highest BCUT2D eigenvalue weighted by atomic mass is 32.2. The maximum Gasteiger partial charge on any atom is 0.326 e. The lowest BCUT2D eigenvalue weighted by Gasteiger charge is -2.33. The molecule has 0 aliphatic carbocycles. The van der Waals surface area contributed by atoms with Crippen molar-refractivity contribution >= 4 is 110 Å². The normalized spacial score (nSPS) is 21.9. The molecule has 1 aromatic carbocycles. The number of imidazole rings is 1. The first-order valence-corrected chi connectivity index (χ1v) is 42.1. The molecular formula is C75H116N24O20S. The Morgan fingerprint density at radius 3 is 1.85 bits per heavy atom. The van der Waals surface area contributed by atoms with E-state index in [0.29, 0.717) is 25.7 Å². The highest BCUT2D eigenvalue weighted by molar-refractivity contribution is 7.89. The Morgan fingerprint density at radius 1 is 0.658 bits per heavy atom. The molecule has 2 aromatic rings. The Morgan fingerprint density at radius 2 is 1.24 bits per heavy atom. The van der Waals surface area contributed by atoms with Gasteiger partial charge in [-0.25, -0.2) is 18.2 Å². The van der Waals surface area contributed by atoms with E-state index in [4.69, 9.17) is 28.7 Å². The number of amides is 13. The summed E-state index contributed by atoms with van der Waals surface area (Å²) in [5, 5.41) is 59.9. The molecular weight excluding hydrogens is 1590 g/mol. The molecule has 6 heterocycles. The van der Waals surface area contributed by atoms with Gasteiger partial charge in [-0.15, -0.1) is 0 Å². The largest absolute Gasteiger partial charge is 0.480 e. The number of nitro benzene ring substituents is 1. The topological polar surface area (TPSA) is 673 Å². The highest BCUT2D eigenvalue weighted by Gasteiger charge is 2.46. The third-order valence-electron chi connectivity index (χ3n) is 21.2. The van der Waals surface area contributed by atoms with Gasteiger partial charge in [-0.3, -0.25) is 82.4 Å². The van der Waals surface area contributed by atoms with Crippen LogP contribution in [0.25, 0.3) is 0 Å². The molecule has 120 heavy (non-hydrogen) atoms. The van der Waals surface area contributed by atoms with Crippen LogP contribution in [0.5, 0.6) is 0 Å². The number of sulfonamides is 1. The van der Waals surface area contributed by atoms with Gasteiger partial charge in [0.1, 0.15) is 78.5 Å². The van der Waals surface area contributed by atoms with E-state index in [0.717, 1.165) is 21.3 Å². The van der Waals surface area contributed by atoms with Crippen LogP contribution >= 0.6 is 0 Å². The van der Waals surface area contributed by atoms with E-state index in [1.807, 2.05) is 6.92 Å². The minimum atomic E-state index is -4.99. The minimum Gasteiger partial charge on any atom is -0.480 e. The predicted octanol–water partition coefficient (Wildman–Crippen LogP) is -4.93. The number of aliphatic hydroxyl groups is 1. The number of aromatic nitrogens is 2. The van der Waals surface area contributed by atoms with Crippen LogP contribution in [0.2, 0.25) is 0 Å². The molecule has 13 amide bonds. The summed E-state index contributed by atoms with van der Waals surface area (Å²) in [7, 11) is -4.99. The second-order valence-electron chi connectivity index (χ2n) is 30.6. The monoisotopic (exact) mass is 1700 g/mol. The van der Waals surface area contributed by atoms with Crippen molar-refractivity contribution in [2.45, 2.75) is 245 Å². The number of carbonyl (C=O) groups is 14. The summed E-state index contributed by atoms with van der Waals surface area (Å²) in [4.78, 5) is 229. The number of nitrogens with one attached hydrogen (secondary N) is 11. The first-order chi connectivity index (χ1) is 57.2. The number of nitrogens with zero attached hydrogens (tertiary/aromatic N) is 8. The molecule has 5 aliphatic rings. The van der Waals surface area contributed by atoms with Crippen LogP contribution in [0.3, 0.4) is 0 Å². The number of unbranched alkanes of at least 4 members (excludes halogenated alkanes) is 2. The third kappa shape index (κ3) is 27.8. The molecule has 5 aliphatic heterocycles. The van der Waals surface area contributed by atoms with Gasteiger partial charge < -0.3 is 112 Å². The van der Waals surface area contributed by atoms with Gasteiger partial charge in [0.2, 0.25) is 86.8 Å². The molecule has 7 rings (SSSR count). The second-order valence-corrected chi connectivity index (χ2v) is 32.5. The van der Waals surface area contributed by atoms with E-state index in [1.54, 1.807) is 13.8 Å². The molecule has 4 fully saturated rings. The van der Waals surface area contributed by atoms with Crippen molar-refractivity contribution in [2.75, 3.05) is 59.0 Å². The number of aliphatic hydroxyl groups excluding tert-OH is 1. The molecule has 4 saturated heterocycles. The van der Waals surface area contributed by atoms with Gasteiger partial charge in [-0.05, 0) is 134 Å². The van der Waals surface area contributed by atoms with Gasteiger partial charge in [0.05, 0.1) is 17.9 Å². The van der Waals surface area contributed by atoms with Crippen LogP contribution in [0.15, 0.2) is 63.8 Å². The van der Waals surface area contributed by atoms with Crippen LogP contribution in [0.1, 0.15) is 161 Å². The van der Waals surface area contributed by atoms with Crippen LogP contribution in [-0.4, -0.2) is 285 Å². The molecule has 0 radical (unpaired) electrons. The van der Waals surface area contributed by atoms with Crippen molar-refractivity contribution in [1.82, 2.24) is 82.1 Å². The first-order valence-electron chi connectivity index (χ1n) is 40.6. The lowest BCUT2D eigenvalue weighted by Crippen LogP contribution is -2.61. The van der Waals surface area contributed by atoms with Gasteiger partial charge in [-0.2, -0.15) is 4.31 Å². The van der Waals surface area contributed by atoms with Crippen molar-refractivity contribution in [3.63, 3.8) is 0 Å². The molecule has 0 unspecified atom stereocenters. The summed E-state index contributed by atoms with van der Waals surface area (Å²) >= 11 is 0. The Balaban J connectivity index is 1.15.